The Morgan fingerprint density at radius 2 is 0.630 bits per heavy atom. The van der Waals surface area contributed by atoms with E-state index < -0.39 is 0 Å². The third-order valence-corrected chi connectivity index (χ3v) is 14.5. The number of nitriles is 2. The summed E-state index contributed by atoms with van der Waals surface area (Å²) in [6.07, 6.45) is 19.4. The van der Waals surface area contributed by atoms with Gasteiger partial charge in [-0.25, -0.2) is 4.98 Å². The summed E-state index contributed by atoms with van der Waals surface area (Å²) in [6, 6.07) is 43.3. The SMILES string of the molecule is CCCCCCOc1cc(C#Cc2ccc(-c3cnc(-c4ccc(C#Cc5cc(OCCCCCC)c(C#Cc6ccc(C#N)cc6)cc5OCCCCCC)cc4)s3)cc2)c(OCCCCCC)cc1C#Cc1ccc(C#N)cc1. The molecule has 81 heavy (non-hydrogen) atoms. The number of hydrogen-bond acceptors (Lipinski definition) is 8. The second-order valence-electron chi connectivity index (χ2n) is 19.9. The number of nitrogens with zero attached hydrogens (tertiary/aromatic N) is 3. The van der Waals surface area contributed by atoms with Gasteiger partial charge in [-0.3, -0.25) is 0 Å². The van der Waals surface area contributed by atoms with Crippen molar-refractivity contribution in [3.63, 3.8) is 0 Å². The maximum Gasteiger partial charge on any atom is 0.136 e. The molecule has 0 aliphatic rings. The van der Waals surface area contributed by atoms with Gasteiger partial charge in [-0.05, 0) is 104 Å². The quantitative estimate of drug-likeness (QED) is 0.0394. The topological polar surface area (TPSA) is 97.4 Å². The van der Waals surface area contributed by atoms with Gasteiger partial charge in [0, 0.05) is 58.3 Å². The lowest BCUT2D eigenvalue weighted by atomic mass is 10.1. The number of benzene rings is 6. The molecule has 0 N–H and O–H groups in total. The average Bonchev–Trinajstić information content (AvgIpc) is 4.01. The van der Waals surface area contributed by atoms with E-state index in [4.69, 9.17) is 23.9 Å². The molecule has 6 aromatic carbocycles. The summed E-state index contributed by atoms with van der Waals surface area (Å²) < 4.78 is 25.7. The maximum absolute atomic E-state index is 9.29. The highest BCUT2D eigenvalue weighted by molar-refractivity contribution is 7.18. The summed E-state index contributed by atoms with van der Waals surface area (Å²) >= 11 is 1.64. The van der Waals surface area contributed by atoms with E-state index in [-0.39, 0.29) is 0 Å². The van der Waals surface area contributed by atoms with E-state index in [0.29, 0.717) is 60.6 Å². The molecule has 0 amide bonds. The fraction of sp³-hybridized carbons (Fsp3) is 0.329. The van der Waals surface area contributed by atoms with Gasteiger partial charge in [0.15, 0.2) is 0 Å². The van der Waals surface area contributed by atoms with Crippen LogP contribution in [-0.4, -0.2) is 31.4 Å². The van der Waals surface area contributed by atoms with Crippen LogP contribution in [0.4, 0.5) is 0 Å². The van der Waals surface area contributed by atoms with E-state index in [1.54, 1.807) is 35.6 Å². The summed E-state index contributed by atoms with van der Waals surface area (Å²) in [5.74, 6) is 29.6. The highest BCUT2D eigenvalue weighted by Gasteiger charge is 2.14. The summed E-state index contributed by atoms with van der Waals surface area (Å²) in [6.45, 7) is 11.2. The van der Waals surface area contributed by atoms with Gasteiger partial charge in [0.1, 0.15) is 28.0 Å². The number of thiazole rings is 1. The van der Waals surface area contributed by atoms with Gasteiger partial charge >= 0.3 is 0 Å². The van der Waals surface area contributed by atoms with Crippen LogP contribution in [0.1, 0.15) is 186 Å². The molecular formula is C73H73N3O4S. The Kier molecular flexibility index (Phi) is 25.0. The molecule has 0 saturated heterocycles. The van der Waals surface area contributed by atoms with E-state index >= 15 is 0 Å². The van der Waals surface area contributed by atoms with Crippen molar-refractivity contribution < 1.29 is 18.9 Å². The first-order chi connectivity index (χ1) is 39.9. The van der Waals surface area contributed by atoms with E-state index in [0.717, 1.165) is 168 Å². The molecule has 0 bridgehead atoms. The monoisotopic (exact) mass is 1090 g/mol. The first-order valence-electron chi connectivity index (χ1n) is 29.0. The molecule has 1 heterocycles. The van der Waals surface area contributed by atoms with Crippen molar-refractivity contribution in [2.24, 2.45) is 0 Å². The summed E-state index contributed by atoms with van der Waals surface area (Å²) in [4.78, 5) is 5.89. The van der Waals surface area contributed by atoms with E-state index in [2.05, 4.69) is 111 Å². The highest BCUT2D eigenvalue weighted by atomic mass is 32.1. The molecule has 0 spiro atoms. The fourth-order valence-electron chi connectivity index (χ4n) is 8.60. The van der Waals surface area contributed by atoms with Gasteiger partial charge in [0.2, 0.25) is 0 Å². The van der Waals surface area contributed by atoms with Crippen LogP contribution in [0.25, 0.3) is 21.0 Å². The molecule has 8 heteroatoms. The second kappa shape index (κ2) is 33.7. The number of hydrogen-bond donors (Lipinski definition) is 0. The van der Waals surface area contributed by atoms with Crippen LogP contribution in [0.5, 0.6) is 23.0 Å². The number of unbranched alkanes of at least 4 members (excludes halogenated alkanes) is 12. The Bertz CT molecular complexity index is 3230. The standard InChI is InChI=1S/C73H73N3O4S/c1-5-9-13-17-45-77-68-51-66(70(79-47-19-15-11-7-3)49-64(68)41-33-56-21-25-60(53-74)26-22-56)43-35-58-29-37-62(38-30-58)72-55-76-73(81-72)63-39-31-59(32-40-63)36-44-67-52-69(78-46-18-14-10-6-2)65(50-71(67)80-48-20-16-12-8-4)42-34-57-23-27-61(54-75)28-24-57/h21-32,37-40,49-52,55H,5-20,45-48H2,1-4H3. The van der Waals surface area contributed by atoms with Crippen LogP contribution in [-0.2, 0) is 0 Å². The van der Waals surface area contributed by atoms with Crippen LogP contribution in [0.2, 0.25) is 0 Å². The van der Waals surface area contributed by atoms with Gasteiger partial charge in [-0.15, -0.1) is 11.3 Å². The molecule has 0 atom stereocenters. The van der Waals surface area contributed by atoms with Crippen molar-refractivity contribution in [2.45, 2.75) is 130 Å². The molecule has 0 aliphatic heterocycles. The van der Waals surface area contributed by atoms with Gasteiger partial charge in [-0.2, -0.15) is 10.5 Å². The first-order valence-corrected chi connectivity index (χ1v) is 29.8. The largest absolute Gasteiger partial charge is 0.492 e. The van der Waals surface area contributed by atoms with E-state index in [1.165, 1.54) is 0 Å². The molecule has 0 radical (unpaired) electrons. The average molecular weight is 1090 g/mol. The minimum atomic E-state index is 0.583. The predicted molar refractivity (Wildman–Crippen MR) is 331 cm³/mol. The van der Waals surface area contributed by atoms with Crippen LogP contribution < -0.4 is 18.9 Å². The van der Waals surface area contributed by atoms with Gasteiger partial charge < -0.3 is 18.9 Å². The smallest absolute Gasteiger partial charge is 0.136 e. The Balaban J connectivity index is 1.09. The summed E-state index contributed by atoms with van der Waals surface area (Å²) in [7, 11) is 0. The van der Waals surface area contributed by atoms with E-state index in [1.807, 2.05) is 79.0 Å². The third kappa shape index (κ3) is 19.6. The van der Waals surface area contributed by atoms with Crippen molar-refractivity contribution in [2.75, 3.05) is 26.4 Å². The normalized spacial score (nSPS) is 10.3. The highest BCUT2D eigenvalue weighted by Crippen LogP contribution is 2.34. The number of rotatable bonds is 26. The first kappa shape index (κ1) is 60.0. The zero-order valence-corrected chi connectivity index (χ0v) is 48.5. The molecule has 1 aromatic heterocycles. The van der Waals surface area contributed by atoms with E-state index in [9.17, 15) is 10.5 Å². The summed E-state index contributed by atoms with van der Waals surface area (Å²) in [5, 5.41) is 19.5. The Morgan fingerprint density at radius 1 is 0.346 bits per heavy atom. The molecule has 7 aromatic rings. The molecule has 410 valence electrons. The molecule has 0 saturated carbocycles. The molecule has 7 nitrogen and oxygen atoms in total. The van der Waals surface area contributed by atoms with Gasteiger partial charge in [0.05, 0.1) is 76.8 Å². The Hall–Kier alpha value is -8.63. The number of ether oxygens (including phenoxy) is 4. The lowest BCUT2D eigenvalue weighted by Gasteiger charge is -2.14. The van der Waals surface area contributed by atoms with Crippen molar-refractivity contribution in [3.05, 3.63) is 183 Å². The molecule has 0 unspecified atom stereocenters. The summed E-state index contributed by atoms with van der Waals surface area (Å²) in [5.41, 5.74) is 9.62. The molecule has 0 aliphatic carbocycles. The Morgan fingerprint density at radius 3 is 0.926 bits per heavy atom. The zero-order chi connectivity index (χ0) is 56.7. The van der Waals surface area contributed by atoms with Gasteiger partial charge in [0.25, 0.3) is 0 Å². The minimum Gasteiger partial charge on any atom is -0.492 e. The molecule has 0 fully saturated rings. The van der Waals surface area contributed by atoms with Crippen molar-refractivity contribution in [1.82, 2.24) is 4.98 Å². The maximum atomic E-state index is 9.29. The van der Waals surface area contributed by atoms with Crippen LogP contribution in [0, 0.1) is 70.0 Å². The third-order valence-electron chi connectivity index (χ3n) is 13.4. The number of aromatic nitrogens is 1. The lowest BCUT2D eigenvalue weighted by Crippen LogP contribution is -2.03. The second-order valence-corrected chi connectivity index (χ2v) is 20.9. The Labute approximate surface area is 486 Å². The van der Waals surface area contributed by atoms with Crippen LogP contribution in [0.3, 0.4) is 0 Å². The van der Waals surface area contributed by atoms with Gasteiger partial charge in [-0.1, -0.05) is 176 Å². The fourth-order valence-corrected chi connectivity index (χ4v) is 9.53. The van der Waals surface area contributed by atoms with Crippen molar-refractivity contribution >= 4 is 11.3 Å². The molecule has 7 rings (SSSR count). The van der Waals surface area contributed by atoms with Crippen molar-refractivity contribution in [1.29, 1.82) is 10.5 Å². The van der Waals surface area contributed by atoms with Crippen LogP contribution >= 0.6 is 11.3 Å². The minimum absolute atomic E-state index is 0.583. The lowest BCUT2D eigenvalue weighted by molar-refractivity contribution is 0.295. The zero-order valence-electron chi connectivity index (χ0n) is 47.6. The van der Waals surface area contributed by atoms with Crippen LogP contribution in [0.15, 0.2) is 128 Å². The molecular weight excluding hydrogens is 1010 g/mol. The predicted octanol–water partition coefficient (Wildman–Crippen LogP) is 17.7. The van der Waals surface area contributed by atoms with Crippen molar-refractivity contribution in [3.8, 4) is 104 Å².